The zero-order chi connectivity index (χ0) is 17.8. The minimum absolute atomic E-state index is 0.0572. The minimum Gasteiger partial charge on any atom is -0.489 e. The van der Waals surface area contributed by atoms with Crippen LogP contribution in [0.2, 0.25) is 0 Å². The van der Waals surface area contributed by atoms with Crippen LogP contribution in [-0.4, -0.2) is 45.0 Å². The van der Waals surface area contributed by atoms with Crippen LogP contribution in [0.1, 0.15) is 47.1 Å². The van der Waals surface area contributed by atoms with Crippen molar-refractivity contribution < 1.29 is 18.6 Å². The highest BCUT2D eigenvalue weighted by atomic mass is 16.6. The van der Waals surface area contributed by atoms with Gasteiger partial charge in [0.15, 0.2) is 5.75 Å². The van der Waals surface area contributed by atoms with Crippen LogP contribution in [0.4, 0.5) is 0 Å². The van der Waals surface area contributed by atoms with Gasteiger partial charge in [-0.05, 0) is 6.42 Å². The third-order valence-corrected chi connectivity index (χ3v) is 5.41. The maximum atomic E-state index is 5.90. The first-order valence-corrected chi connectivity index (χ1v) is 9.32. The van der Waals surface area contributed by atoms with Crippen molar-refractivity contribution in [2.75, 3.05) is 19.8 Å². The van der Waals surface area contributed by atoms with E-state index >= 15 is 0 Å². The predicted molar refractivity (Wildman–Crippen MR) is 91.4 cm³/mol. The molecule has 3 aliphatic rings. The number of aryl methyl sites for hydroxylation is 1. The first kappa shape index (κ1) is 15.1. The maximum absolute atomic E-state index is 5.90. The standard InChI is InChI=1S/C18H19N5O4/c1-2-11-18(24-3-1)27-16(21-11)10-5-13-17(26-8-10)22-15(20-13)9-4-12-14(25-7-9)6-19-23-12/h6,9-10H,1-5,7-8H2,(H,19,23)(H,20,22). The fourth-order valence-electron chi connectivity index (χ4n) is 3.96. The lowest BCUT2D eigenvalue weighted by atomic mass is 10.0. The molecule has 3 aromatic rings. The van der Waals surface area contributed by atoms with E-state index < -0.39 is 0 Å². The van der Waals surface area contributed by atoms with Crippen LogP contribution in [0, 0.1) is 0 Å². The number of aromatic nitrogens is 5. The summed E-state index contributed by atoms with van der Waals surface area (Å²) < 4.78 is 23.1. The molecule has 27 heavy (non-hydrogen) atoms. The van der Waals surface area contributed by atoms with Crippen molar-refractivity contribution in [3.63, 3.8) is 0 Å². The molecule has 0 bridgehead atoms. The van der Waals surface area contributed by atoms with E-state index in [1.807, 2.05) is 0 Å². The van der Waals surface area contributed by atoms with Crippen LogP contribution in [0.15, 0.2) is 10.6 Å². The van der Waals surface area contributed by atoms with Crippen molar-refractivity contribution in [2.45, 2.75) is 37.5 Å². The number of imidazole rings is 1. The van der Waals surface area contributed by atoms with E-state index in [1.165, 1.54) is 0 Å². The first-order valence-electron chi connectivity index (χ1n) is 9.32. The molecule has 3 aliphatic heterocycles. The number of fused-ring (bicyclic) bond motifs is 3. The van der Waals surface area contributed by atoms with Gasteiger partial charge in [0.2, 0.25) is 11.8 Å². The number of rotatable bonds is 2. The van der Waals surface area contributed by atoms with Crippen LogP contribution >= 0.6 is 0 Å². The summed E-state index contributed by atoms with van der Waals surface area (Å²) in [6.07, 6.45) is 5.17. The van der Waals surface area contributed by atoms with Gasteiger partial charge in [-0.25, -0.2) is 4.98 Å². The Morgan fingerprint density at radius 3 is 2.89 bits per heavy atom. The summed E-state index contributed by atoms with van der Waals surface area (Å²) in [6, 6.07) is 0. The average Bonchev–Trinajstić information content (AvgIpc) is 3.42. The van der Waals surface area contributed by atoms with Crippen molar-refractivity contribution in [1.82, 2.24) is 25.1 Å². The van der Waals surface area contributed by atoms with Gasteiger partial charge in [0.1, 0.15) is 18.1 Å². The molecule has 0 spiro atoms. The van der Waals surface area contributed by atoms with Crippen molar-refractivity contribution in [3.05, 3.63) is 35.0 Å². The molecule has 0 amide bonds. The Morgan fingerprint density at radius 2 is 1.93 bits per heavy atom. The lowest BCUT2D eigenvalue weighted by Crippen LogP contribution is -2.20. The van der Waals surface area contributed by atoms with Gasteiger partial charge in [-0.15, -0.1) is 0 Å². The number of hydrogen-bond acceptors (Lipinski definition) is 7. The van der Waals surface area contributed by atoms with E-state index in [1.54, 1.807) is 6.20 Å². The zero-order valence-electron chi connectivity index (χ0n) is 14.7. The monoisotopic (exact) mass is 369 g/mol. The topological polar surface area (TPSA) is 111 Å². The number of H-pyrrole nitrogens is 2. The molecular weight excluding hydrogens is 350 g/mol. The fraction of sp³-hybridized carbons (Fsp3) is 0.500. The molecule has 0 aromatic carbocycles. The molecule has 6 rings (SSSR count). The summed E-state index contributed by atoms with van der Waals surface area (Å²) >= 11 is 0. The molecule has 2 atom stereocenters. The van der Waals surface area contributed by atoms with Crippen LogP contribution in [0.25, 0.3) is 0 Å². The van der Waals surface area contributed by atoms with Gasteiger partial charge in [0, 0.05) is 19.3 Å². The maximum Gasteiger partial charge on any atom is 0.308 e. The fourth-order valence-corrected chi connectivity index (χ4v) is 3.96. The van der Waals surface area contributed by atoms with Gasteiger partial charge in [-0.3, -0.25) is 5.10 Å². The highest BCUT2D eigenvalue weighted by molar-refractivity contribution is 5.32. The molecule has 0 radical (unpaired) electrons. The van der Waals surface area contributed by atoms with E-state index in [9.17, 15) is 0 Å². The van der Waals surface area contributed by atoms with Crippen molar-refractivity contribution in [3.8, 4) is 17.6 Å². The summed E-state index contributed by atoms with van der Waals surface area (Å²) in [5.74, 6) is 3.85. The van der Waals surface area contributed by atoms with E-state index in [2.05, 4.69) is 25.1 Å². The highest BCUT2D eigenvalue weighted by Crippen LogP contribution is 2.36. The van der Waals surface area contributed by atoms with E-state index in [0.717, 1.165) is 54.3 Å². The quantitative estimate of drug-likeness (QED) is 0.709. The Bertz CT molecular complexity index is 966. The molecule has 0 aliphatic carbocycles. The van der Waals surface area contributed by atoms with E-state index in [4.69, 9.17) is 18.6 Å². The summed E-state index contributed by atoms with van der Waals surface area (Å²) in [5.41, 5.74) is 2.90. The zero-order valence-corrected chi connectivity index (χ0v) is 14.7. The van der Waals surface area contributed by atoms with Crippen molar-refractivity contribution >= 4 is 0 Å². The Hall–Kier alpha value is -2.97. The third kappa shape index (κ3) is 2.48. The molecule has 6 heterocycles. The molecule has 0 fully saturated rings. The van der Waals surface area contributed by atoms with Crippen LogP contribution in [-0.2, 0) is 19.3 Å². The second-order valence-electron chi connectivity index (χ2n) is 7.28. The largest absolute Gasteiger partial charge is 0.489 e. The highest BCUT2D eigenvalue weighted by Gasteiger charge is 2.32. The third-order valence-electron chi connectivity index (χ3n) is 5.41. The predicted octanol–water partition coefficient (Wildman–Crippen LogP) is 1.88. The number of nitrogens with one attached hydrogen (secondary N) is 2. The number of aromatic amines is 2. The summed E-state index contributed by atoms with van der Waals surface area (Å²) in [4.78, 5) is 12.7. The smallest absolute Gasteiger partial charge is 0.308 e. The number of hydrogen-bond donors (Lipinski definition) is 2. The van der Waals surface area contributed by atoms with Gasteiger partial charge in [-0.2, -0.15) is 10.1 Å². The number of nitrogens with zero attached hydrogens (tertiary/aromatic N) is 3. The number of ether oxygens (including phenoxy) is 3. The molecule has 9 heteroatoms. The van der Waals surface area contributed by atoms with Crippen LogP contribution in [0.3, 0.4) is 0 Å². The Balaban J connectivity index is 1.23. The summed E-state index contributed by atoms with van der Waals surface area (Å²) in [7, 11) is 0. The van der Waals surface area contributed by atoms with Crippen LogP contribution < -0.4 is 14.2 Å². The van der Waals surface area contributed by atoms with E-state index in [0.29, 0.717) is 37.5 Å². The van der Waals surface area contributed by atoms with Gasteiger partial charge < -0.3 is 23.6 Å². The second-order valence-corrected chi connectivity index (χ2v) is 7.28. The normalized spacial score (nSPS) is 23.4. The molecule has 2 unspecified atom stereocenters. The van der Waals surface area contributed by atoms with Gasteiger partial charge in [-0.1, -0.05) is 0 Å². The summed E-state index contributed by atoms with van der Waals surface area (Å²) in [6.45, 7) is 1.77. The number of oxazole rings is 1. The Kier molecular flexibility index (Phi) is 3.23. The van der Waals surface area contributed by atoms with Crippen molar-refractivity contribution in [1.29, 1.82) is 0 Å². The molecule has 9 nitrogen and oxygen atoms in total. The molecule has 0 saturated heterocycles. The Labute approximate surface area is 154 Å². The lowest BCUT2D eigenvalue weighted by Gasteiger charge is -2.20. The Morgan fingerprint density at radius 1 is 1.00 bits per heavy atom. The van der Waals surface area contributed by atoms with E-state index in [-0.39, 0.29) is 11.8 Å². The average molecular weight is 369 g/mol. The van der Waals surface area contributed by atoms with Crippen molar-refractivity contribution in [2.24, 2.45) is 0 Å². The van der Waals surface area contributed by atoms with Crippen LogP contribution in [0.5, 0.6) is 17.6 Å². The lowest BCUT2D eigenvalue weighted by molar-refractivity contribution is 0.196. The van der Waals surface area contributed by atoms with Gasteiger partial charge in [0.05, 0.1) is 42.6 Å². The first-order chi connectivity index (χ1) is 13.3. The molecule has 140 valence electrons. The second kappa shape index (κ2) is 5.77. The summed E-state index contributed by atoms with van der Waals surface area (Å²) in [5, 5.41) is 7.03. The molecule has 0 saturated carbocycles. The molecule has 2 N–H and O–H groups in total. The molecule has 3 aromatic heterocycles. The minimum atomic E-state index is 0.0572. The molecular formula is C18H19N5O4. The SMILES string of the molecule is c1n[nH]c2c1OCC(c1nc3c([nH]1)CC(c1nc4c(o1)OCCC4)CO3)C2. The van der Waals surface area contributed by atoms with Gasteiger partial charge in [0.25, 0.3) is 0 Å². The van der Waals surface area contributed by atoms with Gasteiger partial charge >= 0.3 is 5.95 Å².